The largest absolute Gasteiger partial charge is 0.330 e. The maximum absolute atomic E-state index is 13.9. The van der Waals surface area contributed by atoms with E-state index < -0.39 is 0 Å². The van der Waals surface area contributed by atoms with E-state index >= 15 is 0 Å². The van der Waals surface area contributed by atoms with Crippen molar-refractivity contribution in [3.8, 4) is 11.1 Å². The van der Waals surface area contributed by atoms with Crippen LogP contribution >= 0.6 is 11.3 Å². The van der Waals surface area contributed by atoms with Crippen LogP contribution in [0.3, 0.4) is 0 Å². The molecule has 0 bridgehead atoms. The van der Waals surface area contributed by atoms with Gasteiger partial charge in [0.2, 0.25) is 5.91 Å². The first kappa shape index (κ1) is 23.7. The van der Waals surface area contributed by atoms with Gasteiger partial charge in [0, 0.05) is 23.0 Å². The number of hydrogen-bond acceptors (Lipinski definition) is 3. The van der Waals surface area contributed by atoms with Crippen molar-refractivity contribution in [1.82, 2.24) is 9.80 Å². The number of fused-ring (bicyclic) bond motifs is 1. The Morgan fingerprint density at radius 2 is 1.57 bits per heavy atom. The van der Waals surface area contributed by atoms with Crippen LogP contribution in [-0.4, -0.2) is 40.7 Å². The molecule has 1 atom stereocenters. The Balaban J connectivity index is 1.25. The Hall–Kier alpha value is -3.70. The standard InChI is InChI=1S/C32H30N2O2S/c1-22-7-5-6-10-27(22)31-28-18-20-37-29(28)17-19-33(31)30(35)21-34(26-15-16-26)32(36)25-13-11-24(12-14-25)23-8-3-2-4-9-23/h2-14,18,20,26,31H,15-17,19,21H2,1H3. The number of thiophene rings is 1. The van der Waals surface area contributed by atoms with Crippen LogP contribution in [0, 0.1) is 6.92 Å². The van der Waals surface area contributed by atoms with Gasteiger partial charge < -0.3 is 9.80 Å². The number of aryl methyl sites for hydroxylation is 1. The molecular formula is C32H30N2O2S. The van der Waals surface area contributed by atoms with Gasteiger partial charge in [0.1, 0.15) is 6.54 Å². The van der Waals surface area contributed by atoms with Crippen LogP contribution in [0.5, 0.6) is 0 Å². The minimum absolute atomic E-state index is 0.0197. The molecule has 5 heteroatoms. The minimum Gasteiger partial charge on any atom is -0.330 e. The van der Waals surface area contributed by atoms with Crippen LogP contribution in [0.25, 0.3) is 11.1 Å². The molecule has 4 aromatic rings. The molecule has 1 aliphatic heterocycles. The van der Waals surface area contributed by atoms with Gasteiger partial charge in [-0.15, -0.1) is 11.3 Å². The third-order valence-electron chi connectivity index (χ3n) is 7.56. The highest BCUT2D eigenvalue weighted by Gasteiger charge is 2.38. The van der Waals surface area contributed by atoms with Gasteiger partial charge in [-0.2, -0.15) is 0 Å². The van der Waals surface area contributed by atoms with Crippen molar-refractivity contribution in [2.45, 2.75) is 38.3 Å². The molecule has 6 rings (SSSR count). The summed E-state index contributed by atoms with van der Waals surface area (Å²) in [5.74, 6) is -0.0395. The number of hydrogen-bond donors (Lipinski definition) is 0. The van der Waals surface area contributed by atoms with Crippen molar-refractivity contribution in [3.63, 3.8) is 0 Å². The number of carbonyl (C=O) groups is 2. The summed E-state index contributed by atoms with van der Waals surface area (Å²) in [5, 5.41) is 2.13. The fourth-order valence-corrected chi connectivity index (χ4v) is 6.31. The second-order valence-electron chi connectivity index (χ2n) is 10.0. The fourth-order valence-electron chi connectivity index (χ4n) is 5.41. The summed E-state index contributed by atoms with van der Waals surface area (Å²) in [4.78, 5) is 32.6. The zero-order valence-electron chi connectivity index (χ0n) is 21.0. The lowest BCUT2D eigenvalue weighted by Crippen LogP contribution is -2.47. The highest BCUT2D eigenvalue weighted by Crippen LogP contribution is 2.39. The van der Waals surface area contributed by atoms with E-state index in [0.29, 0.717) is 12.1 Å². The van der Waals surface area contributed by atoms with Crippen molar-refractivity contribution in [2.24, 2.45) is 0 Å². The van der Waals surface area contributed by atoms with Crippen molar-refractivity contribution in [3.05, 3.63) is 117 Å². The molecule has 2 amide bonds. The average Bonchev–Trinajstić information content (AvgIpc) is 3.67. The summed E-state index contributed by atoms with van der Waals surface area (Å²) in [6, 6.07) is 28.4. The molecule has 2 heterocycles. The lowest BCUT2D eigenvalue weighted by atomic mass is 9.90. The first-order valence-corrected chi connectivity index (χ1v) is 13.9. The molecule has 1 saturated carbocycles. The van der Waals surface area contributed by atoms with Gasteiger partial charge >= 0.3 is 0 Å². The quantitative estimate of drug-likeness (QED) is 0.299. The van der Waals surface area contributed by atoms with Gasteiger partial charge in [-0.25, -0.2) is 0 Å². The van der Waals surface area contributed by atoms with Crippen molar-refractivity contribution in [1.29, 1.82) is 0 Å². The predicted octanol–water partition coefficient (Wildman–Crippen LogP) is 6.50. The van der Waals surface area contributed by atoms with Crippen molar-refractivity contribution >= 4 is 23.2 Å². The second-order valence-corrected chi connectivity index (χ2v) is 11.0. The zero-order valence-corrected chi connectivity index (χ0v) is 21.8. The van der Waals surface area contributed by atoms with E-state index in [1.165, 1.54) is 16.0 Å². The van der Waals surface area contributed by atoms with E-state index in [1.807, 2.05) is 59.5 Å². The van der Waals surface area contributed by atoms with E-state index in [0.717, 1.165) is 36.0 Å². The number of rotatable bonds is 6. The van der Waals surface area contributed by atoms with Crippen LogP contribution in [-0.2, 0) is 11.2 Å². The van der Waals surface area contributed by atoms with Crippen LogP contribution in [0.15, 0.2) is 90.3 Å². The Morgan fingerprint density at radius 3 is 2.30 bits per heavy atom. The molecule has 4 nitrogen and oxygen atoms in total. The molecule has 2 aliphatic rings. The van der Waals surface area contributed by atoms with Crippen LogP contribution in [0.2, 0.25) is 0 Å². The van der Waals surface area contributed by atoms with Crippen molar-refractivity contribution in [2.75, 3.05) is 13.1 Å². The third-order valence-corrected chi connectivity index (χ3v) is 8.56. The Bertz CT molecular complexity index is 1420. The molecule has 1 unspecified atom stereocenters. The van der Waals surface area contributed by atoms with E-state index in [2.05, 4.69) is 42.6 Å². The van der Waals surface area contributed by atoms with E-state index in [9.17, 15) is 9.59 Å². The number of carbonyl (C=O) groups excluding carboxylic acids is 2. The minimum atomic E-state index is -0.106. The lowest BCUT2D eigenvalue weighted by molar-refractivity contribution is -0.134. The SMILES string of the molecule is Cc1ccccc1C1c2ccsc2CCN1C(=O)CN(C(=O)c1ccc(-c2ccccc2)cc1)C1CC1. The third kappa shape index (κ3) is 4.72. The molecule has 0 radical (unpaired) electrons. The first-order chi connectivity index (χ1) is 18.1. The zero-order chi connectivity index (χ0) is 25.4. The van der Waals surface area contributed by atoms with Gasteiger partial charge in [-0.3, -0.25) is 9.59 Å². The Labute approximate surface area is 222 Å². The predicted molar refractivity (Wildman–Crippen MR) is 149 cm³/mol. The topological polar surface area (TPSA) is 40.6 Å². The van der Waals surface area contributed by atoms with E-state index in [-0.39, 0.29) is 30.4 Å². The average molecular weight is 507 g/mol. The van der Waals surface area contributed by atoms with Crippen LogP contribution in [0.4, 0.5) is 0 Å². The van der Waals surface area contributed by atoms with Gasteiger partial charge in [0.25, 0.3) is 5.91 Å². The van der Waals surface area contributed by atoms with Gasteiger partial charge in [0.15, 0.2) is 0 Å². The molecule has 37 heavy (non-hydrogen) atoms. The number of amides is 2. The molecule has 186 valence electrons. The lowest BCUT2D eigenvalue weighted by Gasteiger charge is -2.38. The molecule has 3 aromatic carbocycles. The van der Waals surface area contributed by atoms with Gasteiger partial charge in [-0.1, -0.05) is 66.7 Å². The monoisotopic (exact) mass is 506 g/mol. The second kappa shape index (κ2) is 9.98. The fraction of sp³-hybridized carbons (Fsp3) is 0.250. The first-order valence-electron chi connectivity index (χ1n) is 13.0. The maximum atomic E-state index is 13.9. The Kier molecular flexibility index (Phi) is 6.39. The van der Waals surface area contributed by atoms with Crippen molar-refractivity contribution < 1.29 is 9.59 Å². The maximum Gasteiger partial charge on any atom is 0.254 e. The highest BCUT2D eigenvalue weighted by atomic mass is 32.1. The Morgan fingerprint density at radius 1 is 0.865 bits per heavy atom. The summed E-state index contributed by atoms with van der Waals surface area (Å²) >= 11 is 1.77. The van der Waals surface area contributed by atoms with Gasteiger partial charge in [-0.05, 0) is 77.6 Å². The highest BCUT2D eigenvalue weighted by molar-refractivity contribution is 7.10. The van der Waals surface area contributed by atoms with Crippen LogP contribution < -0.4 is 0 Å². The summed E-state index contributed by atoms with van der Waals surface area (Å²) in [6.07, 6.45) is 2.77. The molecular weight excluding hydrogens is 476 g/mol. The molecule has 1 aliphatic carbocycles. The smallest absolute Gasteiger partial charge is 0.254 e. The van der Waals surface area contributed by atoms with E-state index in [1.54, 1.807) is 16.2 Å². The normalized spacial score (nSPS) is 16.8. The summed E-state index contributed by atoms with van der Waals surface area (Å²) in [5.41, 5.74) is 6.39. The van der Waals surface area contributed by atoms with E-state index in [4.69, 9.17) is 0 Å². The summed E-state index contributed by atoms with van der Waals surface area (Å²) in [6.45, 7) is 2.90. The summed E-state index contributed by atoms with van der Waals surface area (Å²) < 4.78 is 0. The number of nitrogens with zero attached hydrogens (tertiary/aromatic N) is 2. The molecule has 0 saturated heterocycles. The van der Waals surface area contributed by atoms with Crippen LogP contribution in [0.1, 0.15) is 50.8 Å². The molecule has 1 aromatic heterocycles. The van der Waals surface area contributed by atoms with Gasteiger partial charge in [0.05, 0.1) is 6.04 Å². The molecule has 1 fully saturated rings. The number of benzene rings is 3. The molecule has 0 N–H and O–H groups in total. The molecule has 0 spiro atoms. The summed E-state index contributed by atoms with van der Waals surface area (Å²) in [7, 11) is 0.